The Kier molecular flexibility index (Phi) is 5.08. The first kappa shape index (κ1) is 17.2. The summed E-state index contributed by atoms with van der Waals surface area (Å²) in [6, 6.07) is 10.6. The van der Waals surface area contributed by atoms with Gasteiger partial charge in [0, 0.05) is 32.4 Å². The summed E-state index contributed by atoms with van der Waals surface area (Å²) in [7, 11) is -3.46. The van der Waals surface area contributed by atoms with Gasteiger partial charge in [0.1, 0.15) is 5.82 Å². The van der Waals surface area contributed by atoms with Gasteiger partial charge in [-0.25, -0.2) is 13.4 Å². The number of benzene rings is 1. The van der Waals surface area contributed by atoms with Crippen molar-refractivity contribution in [1.82, 2.24) is 9.29 Å². The molecular weight excluding hydrogens is 346 g/mol. The smallest absolute Gasteiger partial charge is 0.243 e. The SMILES string of the molecule is Cc1ccc(S(=O)(=O)N2CCCN(c3ncccc3Cl)CC2)cc1. The van der Waals surface area contributed by atoms with Gasteiger partial charge in [-0.05, 0) is 37.6 Å². The Labute approximate surface area is 147 Å². The average molecular weight is 366 g/mol. The standard InChI is InChI=1S/C17H20ClN3O2S/c1-14-5-7-15(8-6-14)24(22,23)21-11-3-10-20(12-13-21)17-16(18)4-2-9-19-17/h2,4-9H,3,10-13H2,1H3. The summed E-state index contributed by atoms with van der Waals surface area (Å²) in [5.74, 6) is 0.716. The van der Waals surface area contributed by atoms with Gasteiger partial charge in [0.2, 0.25) is 10.0 Å². The molecule has 0 spiro atoms. The van der Waals surface area contributed by atoms with Gasteiger partial charge >= 0.3 is 0 Å². The fraction of sp³-hybridized carbons (Fsp3) is 0.353. The fourth-order valence-corrected chi connectivity index (χ4v) is 4.53. The van der Waals surface area contributed by atoms with E-state index in [2.05, 4.69) is 4.98 Å². The quantitative estimate of drug-likeness (QED) is 0.839. The molecule has 24 heavy (non-hydrogen) atoms. The van der Waals surface area contributed by atoms with Gasteiger partial charge in [-0.1, -0.05) is 29.3 Å². The Balaban J connectivity index is 1.78. The zero-order chi connectivity index (χ0) is 17.2. The zero-order valence-electron chi connectivity index (χ0n) is 13.5. The van der Waals surface area contributed by atoms with E-state index >= 15 is 0 Å². The van der Waals surface area contributed by atoms with Crippen LogP contribution in [0, 0.1) is 6.92 Å². The number of hydrogen-bond acceptors (Lipinski definition) is 4. The topological polar surface area (TPSA) is 53.5 Å². The fourth-order valence-electron chi connectivity index (χ4n) is 2.82. The van der Waals surface area contributed by atoms with Crippen LogP contribution in [0.5, 0.6) is 0 Å². The molecule has 1 aliphatic heterocycles. The van der Waals surface area contributed by atoms with E-state index in [-0.39, 0.29) is 0 Å². The molecule has 0 radical (unpaired) electrons. The Hall–Kier alpha value is -1.63. The second-order valence-corrected chi connectivity index (χ2v) is 8.21. The molecule has 3 rings (SSSR count). The van der Waals surface area contributed by atoms with Crippen LogP contribution in [0.2, 0.25) is 5.02 Å². The van der Waals surface area contributed by atoms with Crippen LogP contribution >= 0.6 is 11.6 Å². The maximum Gasteiger partial charge on any atom is 0.243 e. The molecule has 1 fully saturated rings. The molecule has 0 unspecified atom stereocenters. The van der Waals surface area contributed by atoms with Crippen LogP contribution in [-0.4, -0.2) is 43.9 Å². The second-order valence-electron chi connectivity index (χ2n) is 5.87. The molecule has 1 aromatic carbocycles. The molecule has 128 valence electrons. The van der Waals surface area contributed by atoms with Crippen LogP contribution in [-0.2, 0) is 10.0 Å². The van der Waals surface area contributed by atoms with Crippen molar-refractivity contribution in [2.24, 2.45) is 0 Å². The zero-order valence-corrected chi connectivity index (χ0v) is 15.1. The Morgan fingerprint density at radius 1 is 1.04 bits per heavy atom. The number of hydrogen-bond donors (Lipinski definition) is 0. The van der Waals surface area contributed by atoms with Crippen molar-refractivity contribution in [1.29, 1.82) is 0 Å². The van der Waals surface area contributed by atoms with Gasteiger partial charge in [-0.2, -0.15) is 4.31 Å². The van der Waals surface area contributed by atoms with E-state index in [0.29, 0.717) is 35.4 Å². The molecule has 1 aromatic heterocycles. The highest BCUT2D eigenvalue weighted by Crippen LogP contribution is 2.25. The minimum absolute atomic E-state index is 0.345. The molecule has 7 heteroatoms. The molecule has 2 aromatic rings. The number of rotatable bonds is 3. The van der Waals surface area contributed by atoms with Crippen molar-refractivity contribution in [3.05, 3.63) is 53.2 Å². The van der Waals surface area contributed by atoms with Crippen LogP contribution < -0.4 is 4.90 Å². The lowest BCUT2D eigenvalue weighted by Gasteiger charge is -2.23. The molecule has 0 saturated carbocycles. The maximum atomic E-state index is 12.8. The van der Waals surface area contributed by atoms with Crippen molar-refractivity contribution in [3.8, 4) is 0 Å². The van der Waals surface area contributed by atoms with Crippen molar-refractivity contribution in [2.45, 2.75) is 18.2 Å². The van der Waals surface area contributed by atoms with E-state index in [1.165, 1.54) is 0 Å². The minimum Gasteiger partial charge on any atom is -0.354 e. The molecule has 0 amide bonds. The highest BCUT2D eigenvalue weighted by molar-refractivity contribution is 7.89. The summed E-state index contributed by atoms with van der Waals surface area (Å²) < 4.78 is 27.2. The monoisotopic (exact) mass is 365 g/mol. The second kappa shape index (κ2) is 7.09. The van der Waals surface area contributed by atoms with Gasteiger partial charge in [-0.15, -0.1) is 0 Å². The van der Waals surface area contributed by atoms with E-state index in [9.17, 15) is 8.42 Å². The first-order valence-electron chi connectivity index (χ1n) is 7.91. The predicted octanol–water partition coefficient (Wildman–Crippen LogP) is 2.94. The van der Waals surface area contributed by atoms with Crippen LogP contribution in [0.15, 0.2) is 47.5 Å². The summed E-state index contributed by atoms with van der Waals surface area (Å²) in [6.07, 6.45) is 2.44. The first-order chi connectivity index (χ1) is 11.5. The average Bonchev–Trinajstić information content (AvgIpc) is 2.82. The van der Waals surface area contributed by atoms with Crippen LogP contribution in [0.1, 0.15) is 12.0 Å². The van der Waals surface area contributed by atoms with Gasteiger partial charge in [0.25, 0.3) is 0 Å². The molecule has 1 aliphatic rings. The first-order valence-corrected chi connectivity index (χ1v) is 9.72. The van der Waals surface area contributed by atoms with E-state index in [1.54, 1.807) is 34.8 Å². The number of aromatic nitrogens is 1. The molecule has 0 aliphatic carbocycles. The van der Waals surface area contributed by atoms with Crippen LogP contribution in [0.3, 0.4) is 0 Å². The van der Waals surface area contributed by atoms with Crippen LogP contribution in [0.4, 0.5) is 5.82 Å². The van der Waals surface area contributed by atoms with E-state index in [1.807, 2.05) is 24.0 Å². The van der Waals surface area contributed by atoms with Crippen molar-refractivity contribution in [2.75, 3.05) is 31.1 Å². The summed E-state index contributed by atoms with van der Waals surface area (Å²) >= 11 is 6.21. The van der Waals surface area contributed by atoms with E-state index < -0.39 is 10.0 Å². The lowest BCUT2D eigenvalue weighted by molar-refractivity contribution is 0.433. The molecule has 1 saturated heterocycles. The van der Waals surface area contributed by atoms with E-state index in [4.69, 9.17) is 11.6 Å². The largest absolute Gasteiger partial charge is 0.354 e. The number of aryl methyl sites for hydroxylation is 1. The number of pyridine rings is 1. The molecule has 0 atom stereocenters. The Bertz CT molecular complexity index is 809. The number of nitrogens with zero attached hydrogens (tertiary/aromatic N) is 3. The Morgan fingerprint density at radius 2 is 1.79 bits per heavy atom. The van der Waals surface area contributed by atoms with Crippen LogP contribution in [0.25, 0.3) is 0 Å². The maximum absolute atomic E-state index is 12.8. The van der Waals surface area contributed by atoms with Crippen molar-refractivity contribution in [3.63, 3.8) is 0 Å². The van der Waals surface area contributed by atoms with Crippen molar-refractivity contribution < 1.29 is 8.42 Å². The highest BCUT2D eigenvalue weighted by atomic mass is 35.5. The third-order valence-electron chi connectivity index (χ3n) is 4.15. The van der Waals surface area contributed by atoms with Gasteiger partial charge in [-0.3, -0.25) is 0 Å². The summed E-state index contributed by atoms with van der Waals surface area (Å²) in [5.41, 5.74) is 1.04. The van der Waals surface area contributed by atoms with E-state index in [0.717, 1.165) is 18.5 Å². The third kappa shape index (κ3) is 3.55. The third-order valence-corrected chi connectivity index (χ3v) is 6.36. The van der Waals surface area contributed by atoms with Gasteiger partial charge in [0.15, 0.2) is 0 Å². The molecular formula is C17H20ClN3O2S. The summed E-state index contributed by atoms with van der Waals surface area (Å²) in [6.45, 7) is 4.16. The number of anilines is 1. The highest BCUT2D eigenvalue weighted by Gasteiger charge is 2.27. The lowest BCUT2D eigenvalue weighted by Crippen LogP contribution is -2.35. The van der Waals surface area contributed by atoms with Gasteiger partial charge < -0.3 is 4.90 Å². The van der Waals surface area contributed by atoms with Crippen molar-refractivity contribution >= 4 is 27.4 Å². The molecule has 0 N–H and O–H groups in total. The van der Waals surface area contributed by atoms with Gasteiger partial charge in [0.05, 0.1) is 9.92 Å². The Morgan fingerprint density at radius 3 is 2.50 bits per heavy atom. The number of halogens is 1. The molecule has 0 bridgehead atoms. The lowest BCUT2D eigenvalue weighted by atomic mass is 10.2. The molecule has 5 nitrogen and oxygen atoms in total. The predicted molar refractivity (Wildman–Crippen MR) is 96.0 cm³/mol. The summed E-state index contributed by atoms with van der Waals surface area (Å²) in [5, 5.41) is 0.590. The number of sulfonamides is 1. The molecule has 2 heterocycles. The minimum atomic E-state index is -3.46. The normalized spacial score (nSPS) is 16.8. The summed E-state index contributed by atoms with van der Waals surface area (Å²) in [4.78, 5) is 6.72.